The molecule has 1 atom stereocenters. The quantitative estimate of drug-likeness (QED) is 0.777. The topological polar surface area (TPSA) is 42.0 Å². The van der Waals surface area contributed by atoms with Gasteiger partial charge in [0.25, 0.3) is 5.91 Å². The number of benzene rings is 1. The minimum atomic E-state index is -0.312. The first kappa shape index (κ1) is 16.1. The van der Waals surface area contributed by atoms with Crippen molar-refractivity contribution in [3.05, 3.63) is 23.3 Å². The maximum absolute atomic E-state index is 12.8. The van der Waals surface area contributed by atoms with Crippen molar-refractivity contribution in [2.24, 2.45) is 0 Å². The van der Waals surface area contributed by atoms with E-state index < -0.39 is 0 Å². The Morgan fingerprint density at radius 2 is 1.70 bits per heavy atom. The number of ether oxygens (including phenoxy) is 2. The molecular formula is C17H22N2O3S. The van der Waals surface area contributed by atoms with E-state index in [9.17, 15) is 4.79 Å². The summed E-state index contributed by atoms with van der Waals surface area (Å²) in [6, 6.07) is 3.74. The SMILES string of the molecule is COc1cc2c(cc1OC)CN1C(=S)N(C(C)(C)C)C(=O)[C@H]1C2. The third-order valence-electron chi connectivity index (χ3n) is 4.45. The van der Waals surface area contributed by atoms with E-state index in [0.717, 1.165) is 11.1 Å². The van der Waals surface area contributed by atoms with Gasteiger partial charge in [0.2, 0.25) is 0 Å². The van der Waals surface area contributed by atoms with E-state index in [2.05, 4.69) is 0 Å². The van der Waals surface area contributed by atoms with E-state index in [1.165, 1.54) is 0 Å². The molecule has 0 bridgehead atoms. The van der Waals surface area contributed by atoms with Gasteiger partial charge in [-0.3, -0.25) is 9.69 Å². The third kappa shape index (κ3) is 2.45. The highest BCUT2D eigenvalue weighted by Gasteiger charge is 2.48. The molecule has 3 rings (SSSR count). The Labute approximate surface area is 142 Å². The zero-order valence-corrected chi connectivity index (χ0v) is 15.0. The molecule has 0 aliphatic carbocycles. The predicted molar refractivity (Wildman–Crippen MR) is 91.8 cm³/mol. The van der Waals surface area contributed by atoms with Crippen LogP contribution < -0.4 is 9.47 Å². The number of rotatable bonds is 2. The highest BCUT2D eigenvalue weighted by molar-refractivity contribution is 7.80. The molecule has 1 amide bonds. The lowest BCUT2D eigenvalue weighted by molar-refractivity contribution is -0.131. The molecule has 1 aromatic carbocycles. The third-order valence-corrected chi connectivity index (χ3v) is 4.87. The van der Waals surface area contributed by atoms with Gasteiger partial charge in [-0.05, 0) is 56.2 Å². The first-order chi connectivity index (χ1) is 10.8. The number of hydrogen-bond donors (Lipinski definition) is 0. The normalized spacial score (nSPS) is 20.5. The van der Waals surface area contributed by atoms with Crippen molar-refractivity contribution >= 4 is 23.2 Å². The Balaban J connectivity index is 2.00. The van der Waals surface area contributed by atoms with Crippen LogP contribution >= 0.6 is 12.2 Å². The zero-order valence-electron chi connectivity index (χ0n) is 14.2. The maximum atomic E-state index is 12.8. The van der Waals surface area contributed by atoms with E-state index >= 15 is 0 Å². The average molecular weight is 334 g/mol. The minimum Gasteiger partial charge on any atom is -0.493 e. The molecule has 6 heteroatoms. The second kappa shape index (κ2) is 5.37. The number of carbonyl (C=O) groups is 1. The Morgan fingerprint density at radius 3 is 2.22 bits per heavy atom. The predicted octanol–water partition coefficient (Wildman–Crippen LogP) is 2.36. The van der Waals surface area contributed by atoms with Crippen LogP contribution in [0.4, 0.5) is 0 Å². The van der Waals surface area contributed by atoms with Crippen molar-refractivity contribution in [2.45, 2.75) is 45.3 Å². The van der Waals surface area contributed by atoms with E-state index in [0.29, 0.717) is 29.6 Å². The number of carbonyl (C=O) groups excluding carboxylic acids is 1. The lowest BCUT2D eigenvalue weighted by atomic mass is 9.93. The summed E-state index contributed by atoms with van der Waals surface area (Å²) in [4.78, 5) is 16.6. The van der Waals surface area contributed by atoms with Gasteiger partial charge in [-0.2, -0.15) is 0 Å². The first-order valence-corrected chi connectivity index (χ1v) is 8.07. The summed E-state index contributed by atoms with van der Waals surface area (Å²) < 4.78 is 10.8. The lowest BCUT2D eigenvalue weighted by Gasteiger charge is -2.33. The van der Waals surface area contributed by atoms with Gasteiger partial charge in [0.15, 0.2) is 16.6 Å². The summed E-state index contributed by atoms with van der Waals surface area (Å²) in [7, 11) is 3.25. The number of fused-ring (bicyclic) bond motifs is 2. The molecule has 1 aromatic rings. The number of amides is 1. The van der Waals surface area contributed by atoms with Crippen LogP contribution in [0.1, 0.15) is 31.9 Å². The van der Waals surface area contributed by atoms with Crippen molar-refractivity contribution in [2.75, 3.05) is 14.2 Å². The van der Waals surface area contributed by atoms with Crippen molar-refractivity contribution < 1.29 is 14.3 Å². The fourth-order valence-corrected chi connectivity index (χ4v) is 3.88. The van der Waals surface area contributed by atoms with Crippen LogP contribution in [0.15, 0.2) is 12.1 Å². The molecule has 23 heavy (non-hydrogen) atoms. The summed E-state index contributed by atoms with van der Waals surface area (Å²) in [5, 5.41) is 0.618. The van der Waals surface area contributed by atoms with Crippen LogP contribution in [-0.2, 0) is 17.8 Å². The average Bonchev–Trinajstić information content (AvgIpc) is 2.74. The fraction of sp³-hybridized carbons (Fsp3) is 0.529. The Morgan fingerprint density at radius 1 is 1.13 bits per heavy atom. The molecule has 0 unspecified atom stereocenters. The highest BCUT2D eigenvalue weighted by Crippen LogP contribution is 2.38. The molecule has 0 aromatic heterocycles. The number of thiocarbonyl (C=S) groups is 1. The largest absolute Gasteiger partial charge is 0.493 e. The molecule has 1 fully saturated rings. The second-order valence-electron chi connectivity index (χ2n) is 6.95. The van der Waals surface area contributed by atoms with Gasteiger partial charge in [0, 0.05) is 18.5 Å². The first-order valence-electron chi connectivity index (χ1n) is 7.66. The summed E-state index contributed by atoms with van der Waals surface area (Å²) >= 11 is 5.58. The van der Waals surface area contributed by atoms with Gasteiger partial charge in [-0.15, -0.1) is 0 Å². The number of methoxy groups -OCH3 is 2. The van der Waals surface area contributed by atoms with Crippen molar-refractivity contribution in [3.8, 4) is 11.5 Å². The summed E-state index contributed by atoms with van der Waals surface area (Å²) in [5.41, 5.74) is 1.94. The van der Waals surface area contributed by atoms with E-state index in [1.807, 2.05) is 37.8 Å². The van der Waals surface area contributed by atoms with Gasteiger partial charge in [0.05, 0.1) is 14.2 Å². The summed E-state index contributed by atoms with van der Waals surface area (Å²) in [5.74, 6) is 1.48. The van der Waals surface area contributed by atoms with Crippen molar-refractivity contribution in [3.63, 3.8) is 0 Å². The van der Waals surface area contributed by atoms with Gasteiger partial charge in [-0.25, -0.2) is 0 Å². The molecule has 2 aliphatic rings. The molecule has 2 aliphatic heterocycles. The van der Waals surface area contributed by atoms with Crippen LogP contribution in [0.25, 0.3) is 0 Å². The molecular weight excluding hydrogens is 312 g/mol. The van der Waals surface area contributed by atoms with Gasteiger partial charge in [0.1, 0.15) is 6.04 Å². The molecule has 0 saturated carbocycles. The standard InChI is InChI=1S/C17H22N2O3S/c1-17(2,3)19-15(20)12-6-10-7-13(21-4)14(22-5)8-11(10)9-18(12)16(19)23/h7-8,12H,6,9H2,1-5H3/t12-/m1/s1. The van der Waals surface area contributed by atoms with Crippen LogP contribution in [0.2, 0.25) is 0 Å². The Kier molecular flexibility index (Phi) is 3.75. The monoisotopic (exact) mass is 334 g/mol. The molecule has 0 N–H and O–H groups in total. The van der Waals surface area contributed by atoms with Gasteiger partial charge < -0.3 is 14.4 Å². The maximum Gasteiger partial charge on any atom is 0.252 e. The van der Waals surface area contributed by atoms with Crippen molar-refractivity contribution in [1.29, 1.82) is 0 Å². The van der Waals surface area contributed by atoms with E-state index in [4.69, 9.17) is 21.7 Å². The molecule has 0 spiro atoms. The zero-order chi connectivity index (χ0) is 16.9. The van der Waals surface area contributed by atoms with Gasteiger partial charge >= 0.3 is 0 Å². The molecule has 0 radical (unpaired) electrons. The molecule has 1 saturated heterocycles. The number of nitrogens with zero attached hydrogens (tertiary/aromatic N) is 2. The number of hydrogen-bond acceptors (Lipinski definition) is 4. The van der Waals surface area contributed by atoms with Crippen LogP contribution in [0.3, 0.4) is 0 Å². The second-order valence-corrected chi connectivity index (χ2v) is 7.32. The van der Waals surface area contributed by atoms with Crippen LogP contribution in [0, 0.1) is 0 Å². The lowest BCUT2D eigenvalue weighted by Crippen LogP contribution is -2.46. The Hall–Kier alpha value is -1.82. The van der Waals surface area contributed by atoms with Crippen LogP contribution in [0.5, 0.6) is 11.5 Å². The minimum absolute atomic E-state index is 0.0861. The smallest absolute Gasteiger partial charge is 0.252 e. The van der Waals surface area contributed by atoms with Crippen molar-refractivity contribution in [1.82, 2.24) is 9.80 Å². The van der Waals surface area contributed by atoms with Gasteiger partial charge in [-0.1, -0.05) is 0 Å². The Bertz CT molecular complexity index is 630. The summed E-state index contributed by atoms with van der Waals surface area (Å²) in [6.45, 7) is 6.65. The summed E-state index contributed by atoms with van der Waals surface area (Å²) in [6.07, 6.45) is 0.640. The fourth-order valence-electron chi connectivity index (χ4n) is 3.32. The molecule has 5 nitrogen and oxygen atoms in total. The van der Waals surface area contributed by atoms with E-state index in [1.54, 1.807) is 19.1 Å². The van der Waals surface area contributed by atoms with E-state index in [-0.39, 0.29) is 17.5 Å². The molecule has 124 valence electrons. The highest BCUT2D eigenvalue weighted by atomic mass is 32.1. The molecule has 2 heterocycles. The van der Waals surface area contributed by atoms with Crippen LogP contribution in [-0.4, -0.2) is 46.6 Å².